The summed E-state index contributed by atoms with van der Waals surface area (Å²) in [7, 11) is -3.20. The van der Waals surface area contributed by atoms with Crippen molar-refractivity contribution in [1.82, 2.24) is 4.31 Å². The molecule has 1 fully saturated rings. The highest BCUT2D eigenvalue weighted by molar-refractivity contribution is 7.88. The number of hydrogen-bond donors (Lipinski definition) is 1. The summed E-state index contributed by atoms with van der Waals surface area (Å²) in [6.45, 7) is 3.06. The van der Waals surface area contributed by atoms with Crippen molar-refractivity contribution >= 4 is 15.7 Å². The van der Waals surface area contributed by atoms with Crippen LogP contribution in [0.1, 0.15) is 18.6 Å². The maximum Gasteiger partial charge on any atom is 0.211 e. The molecule has 1 aromatic rings. The van der Waals surface area contributed by atoms with Crippen LogP contribution >= 0.6 is 0 Å². The van der Waals surface area contributed by atoms with Gasteiger partial charge >= 0.3 is 0 Å². The average molecular weight is 302 g/mol. The zero-order valence-corrected chi connectivity index (χ0v) is 12.4. The van der Waals surface area contributed by atoms with Crippen LogP contribution in [-0.4, -0.2) is 50.3 Å². The first-order chi connectivity index (χ1) is 9.30. The zero-order valence-electron chi connectivity index (χ0n) is 11.6. The van der Waals surface area contributed by atoms with E-state index >= 15 is 0 Å². The van der Waals surface area contributed by atoms with Gasteiger partial charge in [-0.1, -0.05) is 12.1 Å². The molecule has 0 bridgehead atoms. The van der Waals surface area contributed by atoms with Crippen molar-refractivity contribution in [3.63, 3.8) is 0 Å². The summed E-state index contributed by atoms with van der Waals surface area (Å²) >= 11 is 0. The molecule has 1 atom stereocenters. The Morgan fingerprint density at radius 2 is 1.85 bits per heavy atom. The molecule has 1 aliphatic heterocycles. The Labute approximate surface area is 118 Å². The molecule has 1 aliphatic rings. The number of sulfonamides is 1. The Morgan fingerprint density at radius 3 is 2.35 bits per heavy atom. The van der Waals surface area contributed by atoms with E-state index in [9.17, 15) is 17.9 Å². The molecule has 0 unspecified atom stereocenters. The lowest BCUT2D eigenvalue weighted by molar-refractivity contribution is 0.199. The minimum Gasteiger partial charge on any atom is -0.389 e. The molecule has 0 aromatic heterocycles. The van der Waals surface area contributed by atoms with Gasteiger partial charge in [-0.2, -0.15) is 4.31 Å². The van der Waals surface area contributed by atoms with Gasteiger partial charge in [-0.25, -0.2) is 12.8 Å². The fraction of sp³-hybridized carbons (Fsp3) is 0.538. The second-order valence-corrected chi connectivity index (χ2v) is 6.99. The first kappa shape index (κ1) is 15.2. The third-order valence-electron chi connectivity index (χ3n) is 3.49. The van der Waals surface area contributed by atoms with Crippen molar-refractivity contribution in [2.75, 3.05) is 37.3 Å². The number of aliphatic hydroxyl groups excluding tert-OH is 1. The first-order valence-corrected chi connectivity index (χ1v) is 8.32. The van der Waals surface area contributed by atoms with Gasteiger partial charge in [0, 0.05) is 31.7 Å². The summed E-state index contributed by atoms with van der Waals surface area (Å²) in [5, 5.41) is 9.74. The average Bonchev–Trinajstić information content (AvgIpc) is 2.37. The molecule has 0 radical (unpaired) electrons. The lowest BCUT2D eigenvalue weighted by Crippen LogP contribution is -2.48. The van der Waals surface area contributed by atoms with Gasteiger partial charge in [0.2, 0.25) is 10.0 Å². The number of hydrogen-bond acceptors (Lipinski definition) is 4. The molecule has 0 aliphatic carbocycles. The molecule has 5 nitrogen and oxygen atoms in total. The normalized spacial score (nSPS) is 19.1. The van der Waals surface area contributed by atoms with E-state index in [4.69, 9.17) is 0 Å². The quantitative estimate of drug-likeness (QED) is 0.903. The van der Waals surface area contributed by atoms with Gasteiger partial charge < -0.3 is 10.0 Å². The SMILES string of the molecule is C[C@H](O)c1cccc(F)c1N1CCN(S(C)(=O)=O)CC1. The summed E-state index contributed by atoms with van der Waals surface area (Å²) in [6, 6.07) is 4.60. The van der Waals surface area contributed by atoms with Gasteiger partial charge in [0.1, 0.15) is 5.82 Å². The van der Waals surface area contributed by atoms with Crippen LogP contribution in [0.3, 0.4) is 0 Å². The van der Waals surface area contributed by atoms with Crippen LogP contribution in [0, 0.1) is 5.82 Å². The molecule has 1 N–H and O–H groups in total. The van der Waals surface area contributed by atoms with E-state index in [0.29, 0.717) is 37.4 Å². The number of anilines is 1. The highest BCUT2D eigenvalue weighted by Gasteiger charge is 2.26. The summed E-state index contributed by atoms with van der Waals surface area (Å²) in [5.41, 5.74) is 0.897. The maximum absolute atomic E-state index is 14.0. The lowest BCUT2D eigenvalue weighted by Gasteiger charge is -2.36. The molecule has 0 saturated carbocycles. The van der Waals surface area contributed by atoms with Crippen LogP contribution in [0.4, 0.5) is 10.1 Å². The first-order valence-electron chi connectivity index (χ1n) is 6.47. The van der Waals surface area contributed by atoms with E-state index in [-0.39, 0.29) is 0 Å². The van der Waals surface area contributed by atoms with Crippen LogP contribution in [0.5, 0.6) is 0 Å². The number of rotatable bonds is 3. The minimum absolute atomic E-state index is 0.326. The van der Waals surface area contributed by atoms with Crippen LogP contribution in [0.2, 0.25) is 0 Å². The highest BCUT2D eigenvalue weighted by atomic mass is 32.2. The molecular weight excluding hydrogens is 283 g/mol. The number of piperazine rings is 1. The zero-order chi connectivity index (χ0) is 14.9. The number of nitrogens with zero attached hydrogens (tertiary/aromatic N) is 2. The molecule has 0 amide bonds. The number of para-hydroxylation sites is 1. The Balaban J connectivity index is 2.23. The van der Waals surface area contributed by atoms with Crippen LogP contribution in [0.25, 0.3) is 0 Å². The van der Waals surface area contributed by atoms with Gasteiger partial charge in [0.25, 0.3) is 0 Å². The summed E-state index contributed by atoms with van der Waals surface area (Å²) in [5.74, 6) is -0.392. The number of halogens is 1. The summed E-state index contributed by atoms with van der Waals surface area (Å²) in [6.07, 6.45) is 0.404. The smallest absolute Gasteiger partial charge is 0.211 e. The van der Waals surface area contributed by atoms with Crippen molar-refractivity contribution in [1.29, 1.82) is 0 Å². The van der Waals surface area contributed by atoms with Crippen molar-refractivity contribution in [3.05, 3.63) is 29.6 Å². The Bertz CT molecular complexity index is 581. The van der Waals surface area contributed by atoms with E-state index in [0.717, 1.165) is 0 Å². The monoisotopic (exact) mass is 302 g/mol. The summed E-state index contributed by atoms with van der Waals surface area (Å²) < 4.78 is 38.4. The number of aliphatic hydroxyl groups is 1. The molecule has 1 saturated heterocycles. The van der Waals surface area contributed by atoms with Gasteiger partial charge in [-0.15, -0.1) is 0 Å². The van der Waals surface area contributed by atoms with E-state index in [1.165, 1.54) is 16.6 Å². The predicted molar refractivity (Wildman–Crippen MR) is 75.7 cm³/mol. The minimum atomic E-state index is -3.20. The number of benzene rings is 1. The second-order valence-electron chi connectivity index (χ2n) is 5.00. The van der Waals surface area contributed by atoms with Gasteiger partial charge in [0.15, 0.2) is 0 Å². The van der Waals surface area contributed by atoms with Crippen LogP contribution < -0.4 is 4.90 Å². The highest BCUT2D eigenvalue weighted by Crippen LogP contribution is 2.30. The van der Waals surface area contributed by atoms with Crippen LogP contribution in [0.15, 0.2) is 18.2 Å². The molecule has 7 heteroatoms. The lowest BCUT2D eigenvalue weighted by atomic mass is 10.1. The molecule has 20 heavy (non-hydrogen) atoms. The predicted octanol–water partition coefficient (Wildman–Crippen LogP) is 0.961. The van der Waals surface area contributed by atoms with E-state index in [1.54, 1.807) is 24.0 Å². The van der Waals surface area contributed by atoms with Crippen molar-refractivity contribution in [3.8, 4) is 0 Å². The van der Waals surface area contributed by atoms with Gasteiger partial charge in [0.05, 0.1) is 18.0 Å². The largest absolute Gasteiger partial charge is 0.389 e. The fourth-order valence-corrected chi connectivity index (χ4v) is 3.27. The third-order valence-corrected chi connectivity index (χ3v) is 4.80. The maximum atomic E-state index is 14.0. The molecule has 1 heterocycles. The van der Waals surface area contributed by atoms with E-state index < -0.39 is 21.9 Å². The second kappa shape index (κ2) is 5.67. The van der Waals surface area contributed by atoms with Crippen molar-refractivity contribution < 1.29 is 17.9 Å². The molecule has 112 valence electrons. The van der Waals surface area contributed by atoms with Crippen LogP contribution in [-0.2, 0) is 10.0 Å². The topological polar surface area (TPSA) is 60.9 Å². The van der Waals surface area contributed by atoms with E-state index in [1.807, 2.05) is 0 Å². The molecule has 1 aromatic carbocycles. The Kier molecular flexibility index (Phi) is 4.31. The molecule has 0 spiro atoms. The fourth-order valence-electron chi connectivity index (χ4n) is 2.45. The van der Waals surface area contributed by atoms with Crippen molar-refractivity contribution in [2.24, 2.45) is 0 Å². The molecular formula is C13H19FN2O3S. The standard InChI is InChI=1S/C13H19FN2O3S/c1-10(17)11-4-3-5-12(14)13(11)15-6-8-16(9-7-15)20(2,18)19/h3-5,10,17H,6-9H2,1-2H3/t10-/m0/s1. The van der Waals surface area contributed by atoms with Gasteiger partial charge in [-0.3, -0.25) is 0 Å². The van der Waals surface area contributed by atoms with Crippen molar-refractivity contribution in [2.45, 2.75) is 13.0 Å². The molecule has 2 rings (SSSR count). The Hall–Kier alpha value is -1.18. The van der Waals surface area contributed by atoms with Gasteiger partial charge in [-0.05, 0) is 13.0 Å². The summed E-state index contributed by atoms with van der Waals surface area (Å²) in [4.78, 5) is 1.79. The Morgan fingerprint density at radius 1 is 1.25 bits per heavy atom. The third kappa shape index (κ3) is 3.11. The van der Waals surface area contributed by atoms with E-state index in [2.05, 4.69) is 0 Å².